The second-order valence-corrected chi connectivity index (χ2v) is 6.73. The van der Waals surface area contributed by atoms with Gasteiger partial charge >= 0.3 is 18.3 Å². The number of nitrogens with zero attached hydrogens (tertiary/aromatic N) is 1. The first-order chi connectivity index (χ1) is 12.2. The molecule has 2 heterocycles. The van der Waals surface area contributed by atoms with Crippen molar-refractivity contribution in [2.24, 2.45) is 5.41 Å². The van der Waals surface area contributed by atoms with Gasteiger partial charge in [-0.25, -0.2) is 17.6 Å². The van der Waals surface area contributed by atoms with Crippen molar-refractivity contribution in [3.8, 4) is 11.5 Å². The van der Waals surface area contributed by atoms with E-state index in [9.17, 15) is 27.5 Å². The van der Waals surface area contributed by atoms with E-state index in [0.29, 0.717) is 17.1 Å². The summed E-state index contributed by atoms with van der Waals surface area (Å²) in [4.78, 5) is 13.5. The zero-order chi connectivity index (χ0) is 19.1. The molecular weight excluding hydrogens is 358 g/mol. The molecule has 0 unspecified atom stereocenters. The van der Waals surface area contributed by atoms with Gasteiger partial charge in [0.15, 0.2) is 11.5 Å². The van der Waals surface area contributed by atoms with Crippen LogP contribution in [-0.4, -0.2) is 61.7 Å². The number of aliphatic carboxylic acids is 1. The van der Waals surface area contributed by atoms with Gasteiger partial charge in [-0.3, -0.25) is 4.79 Å². The third-order valence-electron chi connectivity index (χ3n) is 5.20. The Kier molecular flexibility index (Phi) is 4.76. The van der Waals surface area contributed by atoms with E-state index in [1.165, 1.54) is 12.0 Å². The normalized spacial score (nSPS) is 25.5. The minimum atomic E-state index is -4.10. The van der Waals surface area contributed by atoms with Gasteiger partial charge in [0.1, 0.15) is 12.0 Å². The fourth-order valence-electron chi connectivity index (χ4n) is 3.74. The lowest BCUT2D eigenvalue weighted by molar-refractivity contribution is -0.152. The SMILES string of the molecule is COc1cccc2c1OC[C@]1(C(=O)O)CN(CCC(F)(F)C(F)F)C[C@H]21. The van der Waals surface area contributed by atoms with Crippen LogP contribution in [0.4, 0.5) is 17.6 Å². The maximum atomic E-state index is 13.2. The van der Waals surface area contributed by atoms with Gasteiger partial charge in [0.2, 0.25) is 0 Å². The number of methoxy groups -OCH3 is 1. The second-order valence-electron chi connectivity index (χ2n) is 6.73. The molecule has 0 aliphatic carbocycles. The largest absolute Gasteiger partial charge is 0.493 e. The van der Waals surface area contributed by atoms with Gasteiger partial charge in [0.25, 0.3) is 0 Å². The molecule has 26 heavy (non-hydrogen) atoms. The van der Waals surface area contributed by atoms with Crippen LogP contribution in [-0.2, 0) is 4.79 Å². The van der Waals surface area contributed by atoms with E-state index in [4.69, 9.17) is 9.47 Å². The number of likely N-dealkylation sites (tertiary alicyclic amines) is 1. The Labute approximate surface area is 147 Å². The Bertz CT molecular complexity index is 699. The Balaban J connectivity index is 1.86. The molecule has 0 saturated carbocycles. The van der Waals surface area contributed by atoms with E-state index in [1.807, 2.05) is 0 Å². The van der Waals surface area contributed by atoms with Crippen molar-refractivity contribution < 1.29 is 36.9 Å². The summed E-state index contributed by atoms with van der Waals surface area (Å²) in [6.45, 7) is -0.317. The Morgan fingerprint density at radius 3 is 2.85 bits per heavy atom. The Morgan fingerprint density at radius 2 is 2.23 bits per heavy atom. The van der Waals surface area contributed by atoms with Crippen LogP contribution in [0.1, 0.15) is 17.9 Å². The highest BCUT2D eigenvalue weighted by Gasteiger charge is 2.57. The zero-order valence-electron chi connectivity index (χ0n) is 14.1. The predicted molar refractivity (Wildman–Crippen MR) is 83.3 cm³/mol. The maximum Gasteiger partial charge on any atom is 0.315 e. The van der Waals surface area contributed by atoms with E-state index in [0.717, 1.165) is 0 Å². The molecule has 1 aromatic carbocycles. The molecule has 2 atom stereocenters. The summed E-state index contributed by atoms with van der Waals surface area (Å²) in [5.41, 5.74) is -0.680. The van der Waals surface area contributed by atoms with Gasteiger partial charge in [-0.2, -0.15) is 0 Å². The van der Waals surface area contributed by atoms with Crippen LogP contribution in [0.15, 0.2) is 18.2 Å². The van der Waals surface area contributed by atoms with Crippen molar-refractivity contribution in [2.75, 3.05) is 33.4 Å². The number of benzene rings is 1. The van der Waals surface area contributed by atoms with Crippen molar-refractivity contribution in [3.63, 3.8) is 0 Å². The van der Waals surface area contributed by atoms with Gasteiger partial charge < -0.3 is 19.5 Å². The summed E-state index contributed by atoms with van der Waals surface area (Å²) in [7, 11) is 1.46. The smallest absolute Gasteiger partial charge is 0.315 e. The molecule has 9 heteroatoms. The first kappa shape index (κ1) is 18.8. The first-order valence-corrected chi connectivity index (χ1v) is 8.12. The average Bonchev–Trinajstić information content (AvgIpc) is 3.00. The van der Waals surface area contributed by atoms with Crippen LogP contribution >= 0.6 is 0 Å². The van der Waals surface area contributed by atoms with E-state index < -0.39 is 36.1 Å². The van der Waals surface area contributed by atoms with E-state index in [-0.39, 0.29) is 26.2 Å². The fourth-order valence-corrected chi connectivity index (χ4v) is 3.74. The van der Waals surface area contributed by atoms with Gasteiger partial charge in [0, 0.05) is 37.5 Å². The number of carboxylic acids is 1. The first-order valence-electron chi connectivity index (χ1n) is 8.12. The molecule has 0 radical (unpaired) electrons. The highest BCUT2D eigenvalue weighted by molar-refractivity contribution is 5.78. The third-order valence-corrected chi connectivity index (χ3v) is 5.20. The van der Waals surface area contributed by atoms with Crippen LogP contribution in [0, 0.1) is 5.41 Å². The molecule has 1 N–H and O–H groups in total. The highest BCUT2D eigenvalue weighted by Crippen LogP contribution is 2.52. The summed E-state index contributed by atoms with van der Waals surface area (Å²) in [6.07, 6.45) is -4.77. The fraction of sp³-hybridized carbons (Fsp3) is 0.588. The summed E-state index contributed by atoms with van der Waals surface area (Å²) in [6, 6.07) is 5.10. The van der Waals surface area contributed by atoms with Crippen molar-refractivity contribution >= 4 is 5.97 Å². The van der Waals surface area contributed by atoms with Crippen molar-refractivity contribution in [2.45, 2.75) is 24.7 Å². The highest BCUT2D eigenvalue weighted by atomic mass is 19.3. The number of hydrogen-bond donors (Lipinski definition) is 1. The van der Waals surface area contributed by atoms with Crippen LogP contribution in [0.3, 0.4) is 0 Å². The van der Waals surface area contributed by atoms with Gasteiger partial charge in [-0.1, -0.05) is 12.1 Å². The number of carboxylic acid groups (broad SMARTS) is 1. The molecule has 2 aliphatic rings. The molecule has 0 bridgehead atoms. The van der Waals surface area contributed by atoms with Gasteiger partial charge in [-0.05, 0) is 6.07 Å². The van der Waals surface area contributed by atoms with Crippen LogP contribution in [0.25, 0.3) is 0 Å². The molecule has 3 rings (SSSR count). The number of alkyl halides is 4. The molecule has 1 aromatic rings. The number of carbonyl (C=O) groups is 1. The van der Waals surface area contributed by atoms with Crippen molar-refractivity contribution in [1.29, 1.82) is 0 Å². The monoisotopic (exact) mass is 377 g/mol. The Hall–Kier alpha value is -2.03. The van der Waals surface area contributed by atoms with Crippen molar-refractivity contribution in [3.05, 3.63) is 23.8 Å². The number of rotatable bonds is 6. The third kappa shape index (κ3) is 2.98. The summed E-state index contributed by atoms with van der Waals surface area (Å²) in [5, 5.41) is 9.78. The number of halogens is 4. The molecule has 5 nitrogen and oxygen atoms in total. The van der Waals surface area contributed by atoms with Gasteiger partial charge in [0.05, 0.1) is 7.11 Å². The van der Waals surface area contributed by atoms with Crippen molar-refractivity contribution in [1.82, 2.24) is 4.90 Å². The molecule has 2 aliphatic heterocycles. The number of fused-ring (bicyclic) bond motifs is 3. The lowest BCUT2D eigenvalue weighted by Gasteiger charge is -2.36. The van der Waals surface area contributed by atoms with Crippen LogP contribution in [0.2, 0.25) is 0 Å². The number of ether oxygens (including phenoxy) is 2. The number of hydrogen-bond acceptors (Lipinski definition) is 4. The molecule has 1 fully saturated rings. The number of para-hydroxylation sites is 1. The Morgan fingerprint density at radius 1 is 1.50 bits per heavy atom. The van der Waals surface area contributed by atoms with E-state index >= 15 is 0 Å². The molecule has 144 valence electrons. The molecular formula is C17H19F4NO4. The summed E-state index contributed by atoms with van der Waals surface area (Å²) < 4.78 is 62.1. The second kappa shape index (κ2) is 6.61. The molecule has 1 saturated heterocycles. The quantitative estimate of drug-likeness (QED) is 0.773. The lowest BCUT2D eigenvalue weighted by atomic mass is 9.73. The molecule has 0 spiro atoms. The van der Waals surface area contributed by atoms with Crippen LogP contribution in [0.5, 0.6) is 11.5 Å². The molecule has 0 amide bonds. The minimum Gasteiger partial charge on any atom is -0.493 e. The average molecular weight is 377 g/mol. The van der Waals surface area contributed by atoms with E-state index in [2.05, 4.69) is 0 Å². The molecule has 0 aromatic heterocycles. The predicted octanol–water partition coefficient (Wildman–Crippen LogP) is 2.85. The maximum absolute atomic E-state index is 13.2. The van der Waals surface area contributed by atoms with Gasteiger partial charge in [-0.15, -0.1) is 0 Å². The summed E-state index contributed by atoms with van der Waals surface area (Å²) in [5.74, 6) is -4.79. The minimum absolute atomic E-state index is 0.0387. The van der Waals surface area contributed by atoms with Crippen LogP contribution < -0.4 is 9.47 Å². The lowest BCUT2D eigenvalue weighted by Crippen LogP contribution is -2.46. The van der Waals surface area contributed by atoms with E-state index in [1.54, 1.807) is 18.2 Å². The zero-order valence-corrected chi connectivity index (χ0v) is 14.1. The standard InChI is InChI=1S/C17H19F4NO4/c1-25-12-4-2-3-10-11-7-22(6-5-17(20,21)14(18)19)8-16(11,15(23)24)9-26-13(10)12/h2-4,11,14H,5-9H2,1H3,(H,23,24)/t11-,16-/m1/s1. The topological polar surface area (TPSA) is 59.0 Å². The summed E-state index contributed by atoms with van der Waals surface area (Å²) >= 11 is 0.